The first kappa shape index (κ1) is 9.80. The summed E-state index contributed by atoms with van der Waals surface area (Å²) in [4.78, 5) is 4.16. The molecule has 0 unspecified atom stereocenters. The molecule has 0 fully saturated rings. The lowest BCUT2D eigenvalue weighted by Gasteiger charge is -1.87. The average molecular weight is 232 g/mol. The number of benzene rings is 1. The van der Waals surface area contributed by atoms with E-state index in [4.69, 9.17) is 16.0 Å². The number of hydrogen-bond acceptors (Lipinski definition) is 3. The molecule has 0 spiro atoms. The summed E-state index contributed by atoms with van der Waals surface area (Å²) in [6.07, 6.45) is 0. The summed E-state index contributed by atoms with van der Waals surface area (Å²) in [5.41, 5.74) is 1.38. The molecule has 1 aromatic heterocycles. The molecule has 2 aromatic rings. The molecule has 0 saturated carbocycles. The first-order valence-electron chi connectivity index (χ1n) is 4.04. The summed E-state index contributed by atoms with van der Waals surface area (Å²) >= 11 is 7.03. The fourth-order valence-electron chi connectivity index (χ4n) is 1.06. The van der Waals surface area contributed by atoms with Crippen LogP contribution in [0.5, 0.6) is 0 Å². The first-order valence-corrected chi connectivity index (χ1v) is 5.41. The first-order chi connectivity index (χ1) is 6.79. The fraction of sp³-hybridized carbons (Fsp3) is 0.222. The summed E-state index contributed by atoms with van der Waals surface area (Å²) in [6, 6.07) is 5.22. The van der Waals surface area contributed by atoms with Crippen LogP contribution in [0.15, 0.2) is 27.8 Å². The van der Waals surface area contributed by atoms with Crippen molar-refractivity contribution >= 4 is 34.5 Å². The minimum absolute atomic E-state index is 0.362. The third kappa shape index (κ3) is 2.01. The molecule has 0 bridgehead atoms. The molecule has 0 aliphatic rings. The van der Waals surface area contributed by atoms with Gasteiger partial charge in [0, 0.05) is 16.8 Å². The Balaban J connectivity index is 2.32. The number of nitrogens with zero attached hydrogens (tertiary/aromatic N) is 1. The number of aromatic nitrogens is 1. The third-order valence-corrected chi connectivity index (χ3v) is 2.65. The van der Waals surface area contributed by atoms with Crippen molar-refractivity contribution < 1.29 is 8.81 Å². The van der Waals surface area contributed by atoms with Gasteiger partial charge < -0.3 is 4.42 Å². The smallest absolute Gasteiger partial charge is 0.256 e. The van der Waals surface area contributed by atoms with Crippen LogP contribution >= 0.6 is 23.4 Å². The van der Waals surface area contributed by atoms with E-state index in [-0.39, 0.29) is 6.67 Å². The Kier molecular flexibility index (Phi) is 2.93. The highest BCUT2D eigenvalue weighted by atomic mass is 35.5. The molecule has 0 atom stereocenters. The topological polar surface area (TPSA) is 26.0 Å². The maximum absolute atomic E-state index is 11.9. The van der Waals surface area contributed by atoms with Crippen LogP contribution in [-0.4, -0.2) is 17.4 Å². The second kappa shape index (κ2) is 4.19. The van der Waals surface area contributed by atoms with E-state index in [0.29, 0.717) is 21.6 Å². The van der Waals surface area contributed by atoms with Gasteiger partial charge in [-0.05, 0) is 12.1 Å². The van der Waals surface area contributed by atoms with Crippen molar-refractivity contribution in [1.82, 2.24) is 4.98 Å². The second-order valence-corrected chi connectivity index (χ2v) is 4.11. The lowest BCUT2D eigenvalue weighted by molar-refractivity contribution is 0.486. The lowest BCUT2D eigenvalue weighted by Crippen LogP contribution is -1.79. The molecule has 1 aromatic carbocycles. The number of thioether (sulfide) groups is 1. The monoisotopic (exact) mass is 231 g/mol. The maximum atomic E-state index is 11.9. The third-order valence-electron chi connectivity index (χ3n) is 1.63. The minimum Gasteiger partial charge on any atom is -0.431 e. The molecule has 74 valence electrons. The largest absolute Gasteiger partial charge is 0.431 e. The van der Waals surface area contributed by atoms with Gasteiger partial charge in [-0.25, -0.2) is 4.98 Å². The van der Waals surface area contributed by atoms with Gasteiger partial charge in [0.25, 0.3) is 5.22 Å². The van der Waals surface area contributed by atoms with Crippen molar-refractivity contribution in [3.8, 4) is 0 Å². The molecular weight excluding hydrogens is 225 g/mol. The molecule has 0 aliphatic carbocycles. The fourth-order valence-corrected chi connectivity index (χ4v) is 1.79. The van der Waals surface area contributed by atoms with Gasteiger partial charge in [-0.2, -0.15) is 0 Å². The van der Waals surface area contributed by atoms with Gasteiger partial charge in [0.15, 0.2) is 5.58 Å². The number of rotatable bonds is 3. The van der Waals surface area contributed by atoms with E-state index in [1.54, 1.807) is 18.2 Å². The quantitative estimate of drug-likeness (QED) is 0.756. The van der Waals surface area contributed by atoms with Crippen molar-refractivity contribution in [1.29, 1.82) is 0 Å². The van der Waals surface area contributed by atoms with Crippen molar-refractivity contribution in [3.63, 3.8) is 0 Å². The maximum Gasteiger partial charge on any atom is 0.256 e. The van der Waals surface area contributed by atoms with E-state index < -0.39 is 0 Å². The Morgan fingerprint density at radius 1 is 1.50 bits per heavy atom. The van der Waals surface area contributed by atoms with Gasteiger partial charge in [0.05, 0.1) is 6.67 Å². The van der Waals surface area contributed by atoms with E-state index in [1.165, 1.54) is 11.8 Å². The van der Waals surface area contributed by atoms with Gasteiger partial charge in [0.1, 0.15) is 5.52 Å². The number of oxazole rings is 1. The van der Waals surface area contributed by atoms with Crippen LogP contribution in [-0.2, 0) is 0 Å². The van der Waals surface area contributed by atoms with Crippen molar-refractivity contribution in [2.24, 2.45) is 0 Å². The van der Waals surface area contributed by atoms with Gasteiger partial charge in [-0.1, -0.05) is 23.4 Å². The van der Waals surface area contributed by atoms with Crippen LogP contribution in [0.4, 0.5) is 4.39 Å². The highest BCUT2D eigenvalue weighted by Gasteiger charge is 2.05. The number of alkyl halides is 1. The molecule has 2 rings (SSSR count). The van der Waals surface area contributed by atoms with Gasteiger partial charge >= 0.3 is 0 Å². The Morgan fingerprint density at radius 2 is 2.36 bits per heavy atom. The van der Waals surface area contributed by atoms with Gasteiger partial charge in [-0.15, -0.1) is 0 Å². The van der Waals surface area contributed by atoms with Crippen LogP contribution in [0.3, 0.4) is 0 Å². The van der Waals surface area contributed by atoms with Crippen molar-refractivity contribution in [2.45, 2.75) is 5.22 Å². The van der Waals surface area contributed by atoms with Crippen LogP contribution in [0.1, 0.15) is 0 Å². The van der Waals surface area contributed by atoms with E-state index >= 15 is 0 Å². The van der Waals surface area contributed by atoms with Crippen LogP contribution in [0.25, 0.3) is 11.1 Å². The highest BCUT2D eigenvalue weighted by Crippen LogP contribution is 2.25. The second-order valence-electron chi connectivity index (χ2n) is 2.63. The van der Waals surface area contributed by atoms with Gasteiger partial charge in [-0.3, -0.25) is 4.39 Å². The summed E-state index contributed by atoms with van der Waals surface area (Å²) in [7, 11) is 0. The summed E-state index contributed by atoms with van der Waals surface area (Å²) in [5.74, 6) is 0.362. The van der Waals surface area contributed by atoms with E-state index in [2.05, 4.69) is 4.98 Å². The van der Waals surface area contributed by atoms with Crippen LogP contribution in [0, 0.1) is 0 Å². The zero-order valence-corrected chi connectivity index (χ0v) is 8.74. The number of halogens is 2. The Bertz CT molecular complexity index is 445. The molecule has 5 heteroatoms. The van der Waals surface area contributed by atoms with Gasteiger partial charge in [0.2, 0.25) is 0 Å². The molecule has 14 heavy (non-hydrogen) atoms. The predicted octanol–water partition coefficient (Wildman–Crippen LogP) is 3.54. The molecule has 2 nitrogen and oxygen atoms in total. The summed E-state index contributed by atoms with van der Waals surface area (Å²) in [5, 5.41) is 1.09. The Labute approximate surface area is 89.4 Å². The number of fused-ring (bicyclic) bond motifs is 1. The minimum atomic E-state index is -0.385. The van der Waals surface area contributed by atoms with Crippen molar-refractivity contribution in [2.75, 3.05) is 12.4 Å². The molecule has 0 amide bonds. The average Bonchev–Trinajstić information content (AvgIpc) is 2.56. The summed E-state index contributed by atoms with van der Waals surface area (Å²) in [6.45, 7) is -0.385. The van der Waals surface area contributed by atoms with E-state index in [9.17, 15) is 4.39 Å². The van der Waals surface area contributed by atoms with E-state index in [0.717, 1.165) is 5.52 Å². The van der Waals surface area contributed by atoms with Crippen LogP contribution in [0.2, 0.25) is 5.02 Å². The zero-order valence-electron chi connectivity index (χ0n) is 7.17. The molecular formula is C9H7ClFNOS. The molecule has 0 radical (unpaired) electrons. The molecule has 0 saturated heterocycles. The Morgan fingerprint density at radius 3 is 3.14 bits per heavy atom. The van der Waals surface area contributed by atoms with E-state index in [1.807, 2.05) is 0 Å². The summed E-state index contributed by atoms with van der Waals surface area (Å²) < 4.78 is 17.2. The van der Waals surface area contributed by atoms with Crippen molar-refractivity contribution in [3.05, 3.63) is 23.2 Å². The molecule has 0 N–H and O–H groups in total. The predicted molar refractivity (Wildman–Crippen MR) is 55.7 cm³/mol. The SMILES string of the molecule is FCCSc1nc2ccc(Cl)cc2o1. The highest BCUT2D eigenvalue weighted by molar-refractivity contribution is 7.99. The Hall–Kier alpha value is -0.740. The lowest BCUT2D eigenvalue weighted by atomic mass is 10.3. The number of hydrogen-bond donors (Lipinski definition) is 0. The molecule has 0 aliphatic heterocycles. The van der Waals surface area contributed by atoms with Crippen LogP contribution < -0.4 is 0 Å². The normalized spacial score (nSPS) is 11.0. The zero-order chi connectivity index (χ0) is 9.97. The standard InChI is InChI=1S/C9H7ClFNOS/c10-6-1-2-7-8(5-6)13-9(12-7)14-4-3-11/h1-2,5H,3-4H2. The molecule has 1 heterocycles.